The first-order valence-corrected chi connectivity index (χ1v) is 8.44. The quantitative estimate of drug-likeness (QED) is 0.830. The first-order chi connectivity index (χ1) is 11.8. The SMILES string of the molecule is COc1cccc([C@@H]2CCCN2C(=O)NCCCn2cccn2)c1. The van der Waals surface area contributed by atoms with E-state index in [-0.39, 0.29) is 12.1 Å². The minimum absolute atomic E-state index is 0.0146. The van der Waals surface area contributed by atoms with Crippen molar-refractivity contribution in [2.45, 2.75) is 31.8 Å². The van der Waals surface area contributed by atoms with Crippen LogP contribution in [0, 0.1) is 0 Å². The van der Waals surface area contributed by atoms with Crippen LogP contribution in [-0.4, -0.2) is 40.9 Å². The minimum Gasteiger partial charge on any atom is -0.497 e. The molecule has 0 unspecified atom stereocenters. The minimum atomic E-state index is 0.0146. The molecule has 1 aromatic heterocycles. The molecule has 1 atom stereocenters. The van der Waals surface area contributed by atoms with E-state index in [4.69, 9.17) is 4.74 Å². The zero-order valence-corrected chi connectivity index (χ0v) is 14.0. The maximum absolute atomic E-state index is 12.5. The second-order valence-electron chi connectivity index (χ2n) is 5.98. The first-order valence-electron chi connectivity index (χ1n) is 8.44. The van der Waals surface area contributed by atoms with Crippen molar-refractivity contribution in [2.24, 2.45) is 0 Å². The summed E-state index contributed by atoms with van der Waals surface area (Å²) in [4.78, 5) is 14.4. The van der Waals surface area contributed by atoms with Crippen molar-refractivity contribution >= 4 is 6.03 Å². The van der Waals surface area contributed by atoms with Crippen molar-refractivity contribution in [1.29, 1.82) is 0 Å². The Bertz CT molecular complexity index is 657. The number of methoxy groups -OCH3 is 1. The van der Waals surface area contributed by atoms with Gasteiger partial charge in [-0.05, 0) is 43.0 Å². The molecule has 1 N–H and O–H groups in total. The third-order valence-corrected chi connectivity index (χ3v) is 4.39. The van der Waals surface area contributed by atoms with Crippen LogP contribution in [0.3, 0.4) is 0 Å². The van der Waals surface area contributed by atoms with E-state index in [1.54, 1.807) is 13.3 Å². The highest BCUT2D eigenvalue weighted by Gasteiger charge is 2.29. The second kappa shape index (κ2) is 7.86. The molecule has 3 rings (SSSR count). The molecule has 0 bridgehead atoms. The van der Waals surface area contributed by atoms with E-state index in [0.717, 1.165) is 43.7 Å². The van der Waals surface area contributed by atoms with Crippen molar-refractivity contribution in [1.82, 2.24) is 20.0 Å². The zero-order valence-electron chi connectivity index (χ0n) is 14.0. The van der Waals surface area contributed by atoms with Crippen LogP contribution in [0.15, 0.2) is 42.7 Å². The van der Waals surface area contributed by atoms with Gasteiger partial charge in [0, 0.05) is 32.0 Å². The number of aromatic nitrogens is 2. The molecular weight excluding hydrogens is 304 g/mol. The fourth-order valence-electron chi connectivity index (χ4n) is 3.18. The van der Waals surface area contributed by atoms with Crippen LogP contribution in [0.5, 0.6) is 5.75 Å². The number of nitrogens with one attached hydrogen (secondary N) is 1. The van der Waals surface area contributed by atoms with Crippen LogP contribution in [0.1, 0.15) is 30.9 Å². The third-order valence-electron chi connectivity index (χ3n) is 4.39. The lowest BCUT2D eigenvalue weighted by Gasteiger charge is -2.25. The van der Waals surface area contributed by atoms with Crippen LogP contribution in [0.25, 0.3) is 0 Å². The van der Waals surface area contributed by atoms with Crippen LogP contribution in [-0.2, 0) is 6.54 Å². The lowest BCUT2D eigenvalue weighted by Crippen LogP contribution is -2.40. The number of rotatable bonds is 6. The molecular formula is C18H24N4O2. The molecule has 2 heterocycles. The lowest BCUT2D eigenvalue weighted by molar-refractivity contribution is 0.192. The molecule has 1 aliphatic rings. The van der Waals surface area contributed by atoms with Crippen LogP contribution < -0.4 is 10.1 Å². The Hall–Kier alpha value is -2.50. The van der Waals surface area contributed by atoms with E-state index >= 15 is 0 Å². The van der Waals surface area contributed by atoms with Gasteiger partial charge in [-0.1, -0.05) is 12.1 Å². The van der Waals surface area contributed by atoms with Gasteiger partial charge in [0.15, 0.2) is 0 Å². The molecule has 0 radical (unpaired) electrons. The van der Waals surface area contributed by atoms with Crippen molar-refractivity contribution < 1.29 is 9.53 Å². The number of amides is 2. The summed E-state index contributed by atoms with van der Waals surface area (Å²) in [5.41, 5.74) is 1.14. The Balaban J connectivity index is 1.53. The van der Waals surface area contributed by atoms with E-state index in [9.17, 15) is 4.79 Å². The van der Waals surface area contributed by atoms with Gasteiger partial charge in [0.1, 0.15) is 5.75 Å². The summed E-state index contributed by atoms with van der Waals surface area (Å²) in [6.45, 7) is 2.26. The van der Waals surface area contributed by atoms with Crippen molar-refractivity contribution in [3.05, 3.63) is 48.3 Å². The second-order valence-corrected chi connectivity index (χ2v) is 5.98. The van der Waals surface area contributed by atoms with Gasteiger partial charge >= 0.3 is 6.03 Å². The Kier molecular flexibility index (Phi) is 5.36. The van der Waals surface area contributed by atoms with Gasteiger partial charge < -0.3 is 15.0 Å². The van der Waals surface area contributed by atoms with E-state index in [2.05, 4.69) is 16.5 Å². The molecule has 24 heavy (non-hydrogen) atoms. The number of likely N-dealkylation sites (tertiary alicyclic amines) is 1. The topological polar surface area (TPSA) is 59.4 Å². The van der Waals surface area contributed by atoms with E-state index < -0.39 is 0 Å². The summed E-state index contributed by atoms with van der Waals surface area (Å²) >= 11 is 0. The average molecular weight is 328 g/mol. The van der Waals surface area contributed by atoms with Crippen LogP contribution >= 0.6 is 0 Å². The molecule has 1 saturated heterocycles. The molecule has 0 aliphatic carbocycles. The molecule has 1 fully saturated rings. The molecule has 0 spiro atoms. The maximum atomic E-state index is 12.5. The molecule has 1 aliphatic heterocycles. The van der Waals surface area contributed by atoms with Crippen molar-refractivity contribution in [3.8, 4) is 5.75 Å². The molecule has 2 amide bonds. The van der Waals surface area contributed by atoms with Gasteiger partial charge in [-0.25, -0.2) is 4.79 Å². The van der Waals surface area contributed by atoms with Gasteiger partial charge in [-0.3, -0.25) is 4.68 Å². The number of ether oxygens (including phenoxy) is 1. The number of nitrogens with zero attached hydrogens (tertiary/aromatic N) is 3. The molecule has 6 nitrogen and oxygen atoms in total. The van der Waals surface area contributed by atoms with Gasteiger partial charge in [0.25, 0.3) is 0 Å². The standard InChI is InChI=1S/C18H24N4O2/c1-24-16-7-2-6-15(14-16)17-8-3-13-22(17)18(23)19-9-4-11-21-12-5-10-20-21/h2,5-7,10,12,14,17H,3-4,8-9,11,13H2,1H3,(H,19,23)/t17-/m0/s1. The number of urea groups is 1. The molecule has 6 heteroatoms. The maximum Gasteiger partial charge on any atom is 0.317 e. The highest BCUT2D eigenvalue weighted by Crippen LogP contribution is 2.33. The van der Waals surface area contributed by atoms with Crippen molar-refractivity contribution in [2.75, 3.05) is 20.2 Å². The summed E-state index contributed by atoms with van der Waals surface area (Å²) in [7, 11) is 1.66. The summed E-state index contributed by atoms with van der Waals surface area (Å²) in [5, 5.41) is 7.19. The van der Waals surface area contributed by atoms with Crippen molar-refractivity contribution in [3.63, 3.8) is 0 Å². The molecule has 0 saturated carbocycles. The number of hydrogen-bond acceptors (Lipinski definition) is 3. The third kappa shape index (κ3) is 3.88. The largest absolute Gasteiger partial charge is 0.497 e. The van der Waals surface area contributed by atoms with Gasteiger partial charge in [-0.15, -0.1) is 0 Å². The van der Waals surface area contributed by atoms with Gasteiger partial charge in [-0.2, -0.15) is 5.10 Å². The number of hydrogen-bond donors (Lipinski definition) is 1. The predicted octanol–water partition coefficient (Wildman–Crippen LogP) is 2.83. The van der Waals surface area contributed by atoms with Gasteiger partial charge in [0.05, 0.1) is 13.2 Å². The molecule has 2 aromatic rings. The van der Waals surface area contributed by atoms with E-state index in [1.165, 1.54) is 0 Å². The lowest BCUT2D eigenvalue weighted by atomic mass is 10.0. The summed E-state index contributed by atoms with van der Waals surface area (Å²) in [6, 6.07) is 10.0. The normalized spacial score (nSPS) is 17.0. The predicted molar refractivity (Wildman–Crippen MR) is 91.9 cm³/mol. The Morgan fingerprint density at radius 1 is 1.42 bits per heavy atom. The zero-order chi connectivity index (χ0) is 16.8. The van der Waals surface area contributed by atoms with E-state index in [1.807, 2.05) is 40.0 Å². The van der Waals surface area contributed by atoms with E-state index in [0.29, 0.717) is 6.54 Å². The summed E-state index contributed by atoms with van der Waals surface area (Å²) in [5.74, 6) is 0.832. The Labute approximate surface area is 142 Å². The Morgan fingerprint density at radius 3 is 3.12 bits per heavy atom. The summed E-state index contributed by atoms with van der Waals surface area (Å²) in [6.07, 6.45) is 6.59. The first kappa shape index (κ1) is 16.4. The molecule has 1 aromatic carbocycles. The highest BCUT2D eigenvalue weighted by atomic mass is 16.5. The highest BCUT2D eigenvalue weighted by molar-refractivity contribution is 5.75. The number of carbonyl (C=O) groups is 1. The number of aryl methyl sites for hydroxylation is 1. The smallest absolute Gasteiger partial charge is 0.317 e. The fraction of sp³-hybridized carbons (Fsp3) is 0.444. The molecule has 128 valence electrons. The number of benzene rings is 1. The summed E-state index contributed by atoms with van der Waals surface area (Å²) < 4.78 is 7.17. The van der Waals surface area contributed by atoms with Gasteiger partial charge in [0.2, 0.25) is 0 Å². The van der Waals surface area contributed by atoms with Crippen LogP contribution in [0.2, 0.25) is 0 Å². The van der Waals surface area contributed by atoms with Crippen LogP contribution in [0.4, 0.5) is 4.79 Å². The Morgan fingerprint density at radius 2 is 2.33 bits per heavy atom. The monoisotopic (exact) mass is 328 g/mol. The number of carbonyl (C=O) groups excluding carboxylic acids is 1. The fourth-order valence-corrected chi connectivity index (χ4v) is 3.18. The average Bonchev–Trinajstić information content (AvgIpc) is 3.30.